The van der Waals surface area contributed by atoms with Crippen molar-refractivity contribution in [3.63, 3.8) is 0 Å². The van der Waals surface area contributed by atoms with Crippen LogP contribution in [0.25, 0.3) is 0 Å². The number of pyridine rings is 1. The lowest BCUT2D eigenvalue weighted by Gasteiger charge is -2.07. The lowest BCUT2D eigenvalue weighted by Crippen LogP contribution is -2.23. The van der Waals surface area contributed by atoms with Crippen LogP contribution in [-0.2, 0) is 6.42 Å². The third kappa shape index (κ3) is 5.55. The highest BCUT2D eigenvalue weighted by atomic mass is 19.4. The summed E-state index contributed by atoms with van der Waals surface area (Å²) < 4.78 is 35.4. The summed E-state index contributed by atoms with van der Waals surface area (Å²) in [4.78, 5) is 4.04. The second-order valence-electron chi connectivity index (χ2n) is 3.45. The van der Waals surface area contributed by atoms with Crippen molar-refractivity contribution in [3.8, 4) is 0 Å². The molecule has 0 amide bonds. The highest BCUT2D eigenvalue weighted by Gasteiger charge is 2.25. The third-order valence-corrected chi connectivity index (χ3v) is 1.99. The first-order chi connectivity index (χ1) is 7.47. The molecule has 1 aromatic heterocycles. The quantitative estimate of drug-likeness (QED) is 0.762. The van der Waals surface area contributed by atoms with E-state index < -0.39 is 12.6 Å². The smallest absolute Gasteiger partial charge is 0.390 e. The molecule has 0 fully saturated rings. The van der Waals surface area contributed by atoms with Crippen LogP contribution in [0, 0.1) is 0 Å². The van der Waals surface area contributed by atoms with Gasteiger partial charge in [-0.05, 0) is 12.1 Å². The van der Waals surface area contributed by atoms with Gasteiger partial charge in [-0.15, -0.1) is 0 Å². The highest BCUT2D eigenvalue weighted by Crippen LogP contribution is 2.17. The summed E-state index contributed by atoms with van der Waals surface area (Å²) in [5, 5.41) is 2.71. The molecule has 90 valence electrons. The Labute approximate surface area is 91.9 Å². The first-order valence-electron chi connectivity index (χ1n) is 4.95. The molecule has 0 bridgehead atoms. The van der Waals surface area contributed by atoms with Gasteiger partial charge in [0.2, 0.25) is 0 Å². The molecule has 0 aliphatic carbocycles. The van der Waals surface area contributed by atoms with Gasteiger partial charge in [0.1, 0.15) is 0 Å². The van der Waals surface area contributed by atoms with E-state index in [9.17, 15) is 13.2 Å². The molecule has 0 saturated carbocycles. The summed E-state index contributed by atoms with van der Waals surface area (Å²) in [6.07, 6.45) is -2.77. The van der Waals surface area contributed by atoms with Crippen molar-refractivity contribution in [2.75, 3.05) is 18.8 Å². The molecule has 0 aliphatic rings. The second-order valence-corrected chi connectivity index (χ2v) is 3.45. The van der Waals surface area contributed by atoms with E-state index in [-0.39, 0.29) is 6.54 Å². The molecule has 6 heteroatoms. The highest BCUT2D eigenvalue weighted by molar-refractivity contribution is 5.34. The Morgan fingerprint density at radius 3 is 2.56 bits per heavy atom. The maximum Gasteiger partial charge on any atom is 0.390 e. The molecule has 0 aliphatic heterocycles. The molecule has 0 atom stereocenters. The molecule has 3 nitrogen and oxygen atoms in total. The maximum atomic E-state index is 11.8. The van der Waals surface area contributed by atoms with Crippen LogP contribution in [-0.4, -0.2) is 24.2 Å². The molecular weight excluding hydrogens is 219 g/mol. The van der Waals surface area contributed by atoms with Crippen LogP contribution in [0.1, 0.15) is 12.1 Å². The van der Waals surface area contributed by atoms with Crippen LogP contribution in [0.15, 0.2) is 18.3 Å². The molecule has 0 saturated heterocycles. The normalized spacial score (nSPS) is 11.7. The minimum absolute atomic E-state index is 0.0571. The van der Waals surface area contributed by atoms with Crippen LogP contribution >= 0.6 is 0 Å². The fourth-order valence-electron chi connectivity index (χ4n) is 1.16. The first kappa shape index (κ1) is 12.8. The molecule has 16 heavy (non-hydrogen) atoms. The Hall–Kier alpha value is -1.30. The molecule has 1 heterocycles. The van der Waals surface area contributed by atoms with E-state index in [1.165, 1.54) is 6.20 Å². The predicted molar refractivity (Wildman–Crippen MR) is 55.9 cm³/mol. The lowest BCUT2D eigenvalue weighted by molar-refractivity contribution is -0.133. The van der Waals surface area contributed by atoms with Crippen LogP contribution in [0.4, 0.5) is 18.9 Å². The SMILES string of the molecule is Nc1ccc(CCNCCC(F)(F)F)nc1. The topological polar surface area (TPSA) is 50.9 Å². The van der Waals surface area contributed by atoms with Gasteiger partial charge in [0.25, 0.3) is 0 Å². The Kier molecular flexibility index (Phi) is 4.54. The van der Waals surface area contributed by atoms with Crippen LogP contribution in [0.3, 0.4) is 0 Å². The zero-order valence-corrected chi connectivity index (χ0v) is 8.72. The van der Waals surface area contributed by atoms with Crippen molar-refractivity contribution < 1.29 is 13.2 Å². The monoisotopic (exact) mass is 233 g/mol. The minimum atomic E-state index is -4.09. The maximum absolute atomic E-state index is 11.8. The van der Waals surface area contributed by atoms with Crippen LogP contribution in [0.5, 0.6) is 0 Å². The number of aromatic nitrogens is 1. The van der Waals surface area contributed by atoms with Gasteiger partial charge in [0.15, 0.2) is 0 Å². The van der Waals surface area contributed by atoms with E-state index in [0.717, 1.165) is 5.69 Å². The van der Waals surface area contributed by atoms with Crippen molar-refractivity contribution in [1.29, 1.82) is 0 Å². The molecular formula is C10H14F3N3. The Morgan fingerprint density at radius 2 is 2.00 bits per heavy atom. The molecule has 0 unspecified atom stereocenters. The fourth-order valence-corrected chi connectivity index (χ4v) is 1.16. The minimum Gasteiger partial charge on any atom is -0.397 e. The van der Waals surface area contributed by atoms with Gasteiger partial charge in [-0.1, -0.05) is 0 Å². The Bertz CT molecular complexity index is 308. The number of anilines is 1. The number of halogens is 3. The molecule has 0 aromatic carbocycles. The third-order valence-electron chi connectivity index (χ3n) is 1.99. The van der Waals surface area contributed by atoms with Crippen molar-refractivity contribution in [2.45, 2.75) is 19.0 Å². The molecule has 3 N–H and O–H groups in total. The van der Waals surface area contributed by atoms with Crippen molar-refractivity contribution in [3.05, 3.63) is 24.0 Å². The lowest BCUT2D eigenvalue weighted by atomic mass is 10.2. The summed E-state index contributed by atoms with van der Waals surface area (Å²) in [6, 6.07) is 3.48. The largest absolute Gasteiger partial charge is 0.397 e. The number of nitrogens with zero attached hydrogens (tertiary/aromatic N) is 1. The van der Waals surface area contributed by atoms with Gasteiger partial charge in [0.05, 0.1) is 18.3 Å². The summed E-state index contributed by atoms with van der Waals surface area (Å²) >= 11 is 0. The van der Waals surface area contributed by atoms with Gasteiger partial charge in [-0.25, -0.2) is 0 Å². The average Bonchev–Trinajstić information content (AvgIpc) is 2.19. The number of nitrogen functional groups attached to an aromatic ring is 1. The van der Waals surface area contributed by atoms with Crippen LogP contribution in [0.2, 0.25) is 0 Å². The van der Waals surface area contributed by atoms with Crippen molar-refractivity contribution in [1.82, 2.24) is 10.3 Å². The first-order valence-corrected chi connectivity index (χ1v) is 4.95. The van der Waals surface area contributed by atoms with E-state index in [4.69, 9.17) is 5.73 Å². The number of nitrogens with two attached hydrogens (primary N) is 1. The van der Waals surface area contributed by atoms with Crippen molar-refractivity contribution in [2.24, 2.45) is 0 Å². The second kappa shape index (κ2) is 5.69. The standard InChI is InChI=1S/C10H14F3N3/c11-10(12,13)4-6-15-5-3-9-2-1-8(14)7-16-9/h1-2,7,15H,3-6,14H2. The predicted octanol–water partition coefficient (Wildman–Crippen LogP) is 1.75. The van der Waals surface area contributed by atoms with E-state index in [1.54, 1.807) is 12.1 Å². The van der Waals surface area contributed by atoms with E-state index >= 15 is 0 Å². The number of alkyl halides is 3. The fraction of sp³-hybridized carbons (Fsp3) is 0.500. The van der Waals surface area contributed by atoms with Gasteiger partial charge < -0.3 is 11.1 Å². The number of nitrogens with one attached hydrogen (secondary N) is 1. The zero-order valence-electron chi connectivity index (χ0n) is 8.72. The van der Waals surface area contributed by atoms with E-state index in [1.807, 2.05) is 0 Å². The summed E-state index contributed by atoms with van der Waals surface area (Å²) in [5.74, 6) is 0. The number of hydrogen-bond acceptors (Lipinski definition) is 3. The summed E-state index contributed by atoms with van der Waals surface area (Å²) in [7, 11) is 0. The van der Waals surface area contributed by atoms with Crippen LogP contribution < -0.4 is 11.1 Å². The Morgan fingerprint density at radius 1 is 1.25 bits per heavy atom. The zero-order chi connectivity index (χ0) is 12.0. The van der Waals surface area contributed by atoms with E-state index in [2.05, 4.69) is 10.3 Å². The van der Waals surface area contributed by atoms with Crippen molar-refractivity contribution >= 4 is 5.69 Å². The Balaban J connectivity index is 2.14. The molecule has 1 aromatic rings. The molecule has 0 spiro atoms. The molecule has 0 radical (unpaired) electrons. The van der Waals surface area contributed by atoms with E-state index in [0.29, 0.717) is 18.7 Å². The average molecular weight is 233 g/mol. The molecule has 1 rings (SSSR count). The number of rotatable bonds is 5. The van der Waals surface area contributed by atoms with Gasteiger partial charge in [-0.2, -0.15) is 13.2 Å². The van der Waals surface area contributed by atoms with Gasteiger partial charge in [-0.3, -0.25) is 4.98 Å². The van der Waals surface area contributed by atoms with Gasteiger partial charge in [0, 0.05) is 25.2 Å². The van der Waals surface area contributed by atoms with Gasteiger partial charge >= 0.3 is 6.18 Å². The summed E-state index contributed by atoms with van der Waals surface area (Å²) in [5.41, 5.74) is 6.84. The number of hydrogen-bond donors (Lipinski definition) is 2. The summed E-state index contributed by atoms with van der Waals surface area (Å²) in [6.45, 7) is 0.422.